The molecule has 0 spiro atoms. The Morgan fingerprint density at radius 3 is 2.78 bits per heavy atom. The molecule has 0 aromatic rings. The van der Waals surface area contributed by atoms with Gasteiger partial charge in [0, 0.05) is 19.0 Å². The molecule has 0 amide bonds. The van der Waals surface area contributed by atoms with E-state index in [0.717, 1.165) is 25.9 Å². The molecule has 1 heterocycles. The van der Waals surface area contributed by atoms with Gasteiger partial charge >= 0.3 is 5.97 Å². The number of Topliss-reactive ketones (excluding diaryl/α,β-unsaturated/α-hetero) is 1. The second-order valence-corrected chi connectivity index (χ2v) is 5.28. The molecule has 0 bridgehead atoms. The normalized spacial score (nSPS) is 31.3. The van der Waals surface area contributed by atoms with Gasteiger partial charge in [0.05, 0.1) is 19.3 Å². The first kappa shape index (κ1) is 13.5. The second kappa shape index (κ2) is 5.80. The summed E-state index contributed by atoms with van der Waals surface area (Å²) in [7, 11) is 0. The number of fused-ring (bicyclic) bond motifs is 1. The molecule has 1 N–H and O–H groups in total. The lowest BCUT2D eigenvalue weighted by Gasteiger charge is -2.16. The van der Waals surface area contributed by atoms with Crippen LogP contribution in [0.25, 0.3) is 0 Å². The van der Waals surface area contributed by atoms with Crippen molar-refractivity contribution < 1.29 is 19.4 Å². The average molecular weight is 255 g/mol. The van der Waals surface area contributed by atoms with Crippen molar-refractivity contribution in [3.8, 4) is 0 Å². The van der Waals surface area contributed by atoms with Gasteiger partial charge in [-0.25, -0.2) is 0 Å². The highest BCUT2D eigenvalue weighted by Gasteiger charge is 2.42. The Balaban J connectivity index is 1.74. The summed E-state index contributed by atoms with van der Waals surface area (Å²) in [6.07, 6.45) is 1.59. The molecule has 1 saturated heterocycles. The van der Waals surface area contributed by atoms with Gasteiger partial charge in [0.1, 0.15) is 6.42 Å². The maximum atomic E-state index is 11.7. The number of ketones is 1. The average Bonchev–Trinajstić information content (AvgIpc) is 2.81. The molecule has 0 aromatic carbocycles. The largest absolute Gasteiger partial charge is 0.466 e. The quantitative estimate of drug-likeness (QED) is 0.562. The van der Waals surface area contributed by atoms with Crippen LogP contribution in [0.1, 0.15) is 26.2 Å². The van der Waals surface area contributed by atoms with Crippen LogP contribution in [0.15, 0.2) is 0 Å². The number of aliphatic hydroxyl groups is 1. The Hall–Kier alpha value is -0.940. The summed E-state index contributed by atoms with van der Waals surface area (Å²) in [5, 5.41) is 9.78. The lowest BCUT2D eigenvalue weighted by molar-refractivity contribution is -0.145. The molecule has 2 fully saturated rings. The van der Waals surface area contributed by atoms with Crippen molar-refractivity contribution in [3.05, 3.63) is 0 Å². The Morgan fingerprint density at radius 1 is 1.33 bits per heavy atom. The number of aliphatic hydroxyl groups excluding tert-OH is 1. The molecule has 102 valence electrons. The van der Waals surface area contributed by atoms with E-state index in [-0.39, 0.29) is 18.3 Å². The van der Waals surface area contributed by atoms with E-state index in [9.17, 15) is 14.7 Å². The highest BCUT2D eigenvalue weighted by Crippen LogP contribution is 2.37. The van der Waals surface area contributed by atoms with Crippen molar-refractivity contribution in [2.45, 2.75) is 32.3 Å². The first-order valence-electron chi connectivity index (χ1n) is 6.68. The van der Waals surface area contributed by atoms with Crippen molar-refractivity contribution in [2.75, 3.05) is 26.2 Å². The Bertz CT molecular complexity index is 331. The van der Waals surface area contributed by atoms with Crippen molar-refractivity contribution in [1.82, 2.24) is 4.90 Å². The minimum atomic E-state index is -0.443. The summed E-state index contributed by atoms with van der Waals surface area (Å²) < 4.78 is 4.75. The number of ether oxygens (including phenoxy) is 1. The van der Waals surface area contributed by atoms with Crippen LogP contribution in [0.3, 0.4) is 0 Å². The van der Waals surface area contributed by atoms with Crippen LogP contribution >= 0.6 is 0 Å². The summed E-state index contributed by atoms with van der Waals surface area (Å²) in [4.78, 5) is 24.9. The van der Waals surface area contributed by atoms with E-state index < -0.39 is 5.97 Å². The van der Waals surface area contributed by atoms with E-state index in [1.165, 1.54) is 0 Å². The lowest BCUT2D eigenvalue weighted by Crippen LogP contribution is -2.31. The zero-order chi connectivity index (χ0) is 13.1. The van der Waals surface area contributed by atoms with Gasteiger partial charge in [0.15, 0.2) is 5.78 Å². The predicted octanol–water partition coefficient (Wildman–Crippen LogP) is 0.211. The SMILES string of the molecule is CCOC(=O)CC(=O)CN1CC2CCC(O)C2C1. The smallest absolute Gasteiger partial charge is 0.313 e. The second-order valence-electron chi connectivity index (χ2n) is 5.28. The summed E-state index contributed by atoms with van der Waals surface area (Å²) in [5.41, 5.74) is 0. The van der Waals surface area contributed by atoms with Gasteiger partial charge in [-0.2, -0.15) is 0 Å². The van der Waals surface area contributed by atoms with Gasteiger partial charge in [0.2, 0.25) is 0 Å². The topological polar surface area (TPSA) is 66.8 Å². The molecular formula is C13H21NO4. The number of hydrogen-bond donors (Lipinski definition) is 1. The fourth-order valence-electron chi connectivity index (χ4n) is 3.14. The molecule has 5 heteroatoms. The Labute approximate surface area is 107 Å². The lowest BCUT2D eigenvalue weighted by atomic mass is 10.00. The van der Waals surface area contributed by atoms with E-state index in [2.05, 4.69) is 4.90 Å². The Morgan fingerprint density at radius 2 is 2.11 bits per heavy atom. The summed E-state index contributed by atoms with van der Waals surface area (Å²) in [5.74, 6) is 0.306. The molecule has 1 saturated carbocycles. The first-order valence-corrected chi connectivity index (χ1v) is 6.68. The summed E-state index contributed by atoms with van der Waals surface area (Å²) in [6.45, 7) is 3.99. The predicted molar refractivity (Wildman–Crippen MR) is 64.9 cm³/mol. The van der Waals surface area contributed by atoms with E-state index >= 15 is 0 Å². The fourth-order valence-corrected chi connectivity index (χ4v) is 3.14. The van der Waals surface area contributed by atoms with Crippen molar-refractivity contribution >= 4 is 11.8 Å². The van der Waals surface area contributed by atoms with Crippen LogP contribution in [0, 0.1) is 11.8 Å². The van der Waals surface area contributed by atoms with Gasteiger partial charge < -0.3 is 9.84 Å². The maximum Gasteiger partial charge on any atom is 0.313 e. The van der Waals surface area contributed by atoms with Gasteiger partial charge in [-0.05, 0) is 25.7 Å². The van der Waals surface area contributed by atoms with Crippen LogP contribution in [0.2, 0.25) is 0 Å². The zero-order valence-electron chi connectivity index (χ0n) is 10.8. The molecule has 0 radical (unpaired) electrons. The molecule has 2 rings (SSSR count). The van der Waals surface area contributed by atoms with E-state index in [4.69, 9.17) is 4.74 Å². The minimum absolute atomic E-state index is 0.0945. The van der Waals surface area contributed by atoms with Crippen LogP contribution in [-0.2, 0) is 14.3 Å². The van der Waals surface area contributed by atoms with E-state index in [0.29, 0.717) is 25.0 Å². The van der Waals surface area contributed by atoms with E-state index in [1.807, 2.05) is 0 Å². The van der Waals surface area contributed by atoms with Crippen molar-refractivity contribution in [3.63, 3.8) is 0 Å². The van der Waals surface area contributed by atoms with Crippen LogP contribution < -0.4 is 0 Å². The number of likely N-dealkylation sites (tertiary alicyclic amines) is 1. The molecule has 3 unspecified atom stereocenters. The van der Waals surface area contributed by atoms with Gasteiger partial charge in [0.25, 0.3) is 0 Å². The molecule has 18 heavy (non-hydrogen) atoms. The van der Waals surface area contributed by atoms with Crippen LogP contribution in [-0.4, -0.2) is 54.1 Å². The zero-order valence-corrected chi connectivity index (χ0v) is 10.8. The van der Waals surface area contributed by atoms with Crippen molar-refractivity contribution in [1.29, 1.82) is 0 Å². The highest BCUT2D eigenvalue weighted by atomic mass is 16.5. The fraction of sp³-hybridized carbons (Fsp3) is 0.846. The van der Waals surface area contributed by atoms with Crippen molar-refractivity contribution in [2.24, 2.45) is 11.8 Å². The summed E-state index contributed by atoms with van der Waals surface area (Å²) in [6, 6.07) is 0. The monoisotopic (exact) mass is 255 g/mol. The number of hydrogen-bond acceptors (Lipinski definition) is 5. The number of nitrogens with zero attached hydrogens (tertiary/aromatic N) is 1. The third-order valence-corrected chi connectivity index (χ3v) is 3.94. The van der Waals surface area contributed by atoms with Gasteiger partial charge in [-0.3, -0.25) is 14.5 Å². The standard InChI is InChI=1S/C13H21NO4/c1-2-18-13(17)5-10(15)7-14-6-9-3-4-12(16)11(9)8-14/h9,11-12,16H,2-8H2,1H3. The third kappa shape index (κ3) is 3.09. The molecule has 1 aliphatic carbocycles. The molecule has 3 atom stereocenters. The number of carbonyl (C=O) groups is 2. The molecule has 0 aromatic heterocycles. The number of rotatable bonds is 5. The van der Waals surface area contributed by atoms with E-state index in [1.54, 1.807) is 6.92 Å². The first-order chi connectivity index (χ1) is 8.60. The molecular weight excluding hydrogens is 234 g/mol. The Kier molecular flexibility index (Phi) is 4.35. The molecule has 1 aliphatic heterocycles. The molecule has 5 nitrogen and oxygen atoms in total. The van der Waals surface area contributed by atoms with Gasteiger partial charge in [-0.15, -0.1) is 0 Å². The minimum Gasteiger partial charge on any atom is -0.466 e. The van der Waals surface area contributed by atoms with Crippen LogP contribution in [0.5, 0.6) is 0 Å². The highest BCUT2D eigenvalue weighted by molar-refractivity contribution is 5.96. The molecule has 2 aliphatic rings. The number of esters is 1. The number of carbonyl (C=O) groups excluding carboxylic acids is 2. The van der Waals surface area contributed by atoms with Gasteiger partial charge in [-0.1, -0.05) is 0 Å². The summed E-state index contributed by atoms with van der Waals surface area (Å²) >= 11 is 0. The maximum absolute atomic E-state index is 11.7. The van der Waals surface area contributed by atoms with Crippen LogP contribution in [0.4, 0.5) is 0 Å². The third-order valence-electron chi connectivity index (χ3n) is 3.94.